The van der Waals surface area contributed by atoms with Gasteiger partial charge in [-0.05, 0) is 43.1 Å². The number of benzene rings is 1. The van der Waals surface area contributed by atoms with Crippen molar-refractivity contribution in [3.63, 3.8) is 0 Å². The van der Waals surface area contributed by atoms with Crippen molar-refractivity contribution in [1.82, 2.24) is 19.9 Å². The molecule has 2 unspecified atom stereocenters. The van der Waals surface area contributed by atoms with Crippen LogP contribution in [0, 0.1) is 12.7 Å². The molecule has 5 N–H and O–H groups in total. The normalized spacial score (nSPS) is 26.1. The Balaban J connectivity index is 1.46. The van der Waals surface area contributed by atoms with Crippen LogP contribution in [0.4, 0.5) is 10.2 Å². The smallest absolute Gasteiger partial charge is 0.146 e. The van der Waals surface area contributed by atoms with Gasteiger partial charge in [-0.25, -0.2) is 14.4 Å². The Morgan fingerprint density at radius 3 is 2.90 bits per heavy atom. The molecule has 2 aliphatic rings. The van der Waals surface area contributed by atoms with E-state index in [0.29, 0.717) is 48.7 Å². The molecule has 8 nitrogen and oxygen atoms in total. The molecule has 9 heteroatoms. The first kappa shape index (κ1) is 19.2. The van der Waals surface area contributed by atoms with Crippen molar-refractivity contribution in [3.8, 4) is 5.75 Å². The maximum Gasteiger partial charge on any atom is 0.146 e. The van der Waals surface area contributed by atoms with E-state index in [2.05, 4.69) is 15.3 Å². The van der Waals surface area contributed by atoms with Gasteiger partial charge in [-0.1, -0.05) is 0 Å². The van der Waals surface area contributed by atoms with E-state index < -0.39 is 24.4 Å². The molecule has 158 valence electrons. The molecule has 2 aromatic heterocycles. The second kappa shape index (κ2) is 7.19. The third-order valence-corrected chi connectivity index (χ3v) is 6.25. The number of hydrogen-bond donors (Lipinski definition) is 4. The van der Waals surface area contributed by atoms with Gasteiger partial charge in [-0.3, -0.25) is 0 Å². The first-order valence-electron chi connectivity index (χ1n) is 10.1. The summed E-state index contributed by atoms with van der Waals surface area (Å²) in [5, 5.41) is 25.5. The maximum absolute atomic E-state index is 14.2. The molecule has 1 fully saturated rings. The van der Waals surface area contributed by atoms with Crippen molar-refractivity contribution in [1.29, 1.82) is 0 Å². The zero-order valence-corrected chi connectivity index (χ0v) is 16.5. The van der Waals surface area contributed by atoms with Gasteiger partial charge in [-0.15, -0.1) is 0 Å². The molecule has 1 aromatic carbocycles. The minimum absolute atomic E-state index is 0.240. The summed E-state index contributed by atoms with van der Waals surface area (Å²) in [6, 6.07) is 2.55. The molecule has 30 heavy (non-hydrogen) atoms. The predicted molar refractivity (Wildman–Crippen MR) is 109 cm³/mol. The predicted octanol–water partition coefficient (Wildman–Crippen LogP) is 1.22. The molecule has 0 spiro atoms. The van der Waals surface area contributed by atoms with Crippen molar-refractivity contribution in [3.05, 3.63) is 47.2 Å². The summed E-state index contributed by atoms with van der Waals surface area (Å²) < 4.78 is 22.1. The molecule has 0 saturated heterocycles. The number of halogens is 1. The van der Waals surface area contributed by atoms with E-state index in [9.17, 15) is 14.6 Å². The molecule has 3 aromatic rings. The number of nitrogens with two attached hydrogens (primary N) is 1. The number of ether oxygens (including phenoxy) is 1. The van der Waals surface area contributed by atoms with Gasteiger partial charge in [0.2, 0.25) is 0 Å². The Kier molecular flexibility index (Phi) is 4.61. The number of nitrogens with one attached hydrogen (secondary N) is 1. The lowest BCUT2D eigenvalue weighted by Crippen LogP contribution is -2.35. The molecular weight excluding hydrogens is 389 g/mol. The van der Waals surface area contributed by atoms with Crippen LogP contribution in [0.1, 0.15) is 29.2 Å². The maximum atomic E-state index is 14.2. The Morgan fingerprint density at radius 1 is 1.23 bits per heavy atom. The van der Waals surface area contributed by atoms with Gasteiger partial charge < -0.3 is 30.6 Å². The number of rotatable bonds is 3. The van der Waals surface area contributed by atoms with Gasteiger partial charge in [-0.2, -0.15) is 0 Å². The molecule has 0 radical (unpaired) electrons. The monoisotopic (exact) mass is 413 g/mol. The van der Waals surface area contributed by atoms with Crippen LogP contribution in [0.3, 0.4) is 0 Å². The molecule has 1 saturated carbocycles. The van der Waals surface area contributed by atoms with Crippen LogP contribution in [0.2, 0.25) is 0 Å². The van der Waals surface area contributed by atoms with Crippen molar-refractivity contribution >= 4 is 16.9 Å². The van der Waals surface area contributed by atoms with Crippen LogP contribution in [-0.2, 0) is 13.0 Å². The first-order valence-corrected chi connectivity index (χ1v) is 10.1. The van der Waals surface area contributed by atoms with E-state index in [4.69, 9.17) is 10.5 Å². The minimum atomic E-state index is -1.09. The van der Waals surface area contributed by atoms with Crippen LogP contribution < -0.4 is 15.8 Å². The van der Waals surface area contributed by atoms with E-state index in [-0.39, 0.29) is 5.82 Å². The number of aliphatic hydroxyl groups excluding tert-OH is 2. The first-order chi connectivity index (χ1) is 14.5. The number of nitrogens with zero attached hydrogens (tertiary/aromatic N) is 3. The summed E-state index contributed by atoms with van der Waals surface area (Å²) in [6.07, 6.45) is 1.43. The third kappa shape index (κ3) is 2.92. The summed E-state index contributed by atoms with van der Waals surface area (Å²) in [6.45, 7) is 3.13. The molecule has 1 aliphatic carbocycles. The van der Waals surface area contributed by atoms with E-state index in [0.717, 1.165) is 16.5 Å². The lowest BCUT2D eigenvalue weighted by molar-refractivity contribution is -0.0166. The number of nitrogen functional groups attached to an aromatic ring is 1. The second-order valence-corrected chi connectivity index (χ2v) is 8.05. The van der Waals surface area contributed by atoms with Crippen LogP contribution in [-0.4, -0.2) is 49.6 Å². The van der Waals surface area contributed by atoms with E-state index >= 15 is 0 Å². The third-order valence-electron chi connectivity index (χ3n) is 6.25. The Morgan fingerprint density at radius 2 is 2.07 bits per heavy atom. The van der Waals surface area contributed by atoms with E-state index in [1.165, 1.54) is 12.4 Å². The number of hydrogen-bond acceptors (Lipinski definition) is 7. The molecule has 4 atom stereocenters. The topological polar surface area (TPSA) is 118 Å². The molecular formula is C21H24FN5O3. The zero-order valence-electron chi connectivity index (χ0n) is 16.5. The van der Waals surface area contributed by atoms with Gasteiger partial charge >= 0.3 is 0 Å². The van der Waals surface area contributed by atoms with Gasteiger partial charge in [0.15, 0.2) is 0 Å². The fourth-order valence-corrected chi connectivity index (χ4v) is 4.72. The Bertz CT molecular complexity index is 1120. The summed E-state index contributed by atoms with van der Waals surface area (Å²) in [5.41, 5.74) is 8.93. The minimum Gasteiger partial charge on any atom is -0.487 e. The average molecular weight is 413 g/mol. The van der Waals surface area contributed by atoms with Crippen molar-refractivity contribution < 1.29 is 19.3 Å². The Labute approximate surface area is 172 Å². The van der Waals surface area contributed by atoms with Crippen LogP contribution in [0.25, 0.3) is 11.0 Å². The standard InChI is InChI=1S/C21H24FN5O3/c1-10-8-27(21-17(10)20(23)25-9-26-21)14-6-16(19(29)18(14)28)30-15-3-2-13(22)11-4-5-24-7-12(11)15/h2-3,8-9,14,16,18-19,24,28-29H,4-7H2,1H3,(H2,23,25,26)/t14?,16?,18-,19+/m0/s1. The van der Waals surface area contributed by atoms with Gasteiger partial charge in [0.05, 0.1) is 11.4 Å². The van der Waals surface area contributed by atoms with E-state index in [1.54, 1.807) is 6.07 Å². The number of aromatic nitrogens is 3. The SMILES string of the molecule is Cc1cn(C2CC(Oc3ccc(F)c4c3CNCC4)[C@@H](O)[C@H]2O)c2ncnc(N)c12. The lowest BCUT2D eigenvalue weighted by Gasteiger charge is -2.24. The van der Waals surface area contributed by atoms with Crippen LogP contribution >= 0.6 is 0 Å². The summed E-state index contributed by atoms with van der Waals surface area (Å²) in [5.74, 6) is 0.674. The highest BCUT2D eigenvalue weighted by Crippen LogP contribution is 2.38. The van der Waals surface area contributed by atoms with E-state index in [1.807, 2.05) is 17.7 Å². The molecule has 3 heterocycles. The lowest BCUT2D eigenvalue weighted by atomic mass is 9.99. The largest absolute Gasteiger partial charge is 0.487 e. The highest BCUT2D eigenvalue weighted by Gasteiger charge is 2.45. The van der Waals surface area contributed by atoms with Crippen molar-refractivity contribution in [2.45, 2.75) is 50.7 Å². The second-order valence-electron chi connectivity index (χ2n) is 8.05. The fourth-order valence-electron chi connectivity index (χ4n) is 4.72. The number of anilines is 1. The van der Waals surface area contributed by atoms with Gasteiger partial charge in [0.1, 0.15) is 47.7 Å². The highest BCUT2D eigenvalue weighted by atomic mass is 19.1. The summed E-state index contributed by atoms with van der Waals surface area (Å²) in [4.78, 5) is 8.37. The zero-order chi connectivity index (χ0) is 21.0. The number of aryl methyl sites for hydroxylation is 1. The number of fused-ring (bicyclic) bond motifs is 2. The molecule has 5 rings (SSSR count). The van der Waals surface area contributed by atoms with Crippen molar-refractivity contribution in [2.24, 2.45) is 0 Å². The number of aliphatic hydroxyl groups is 2. The summed E-state index contributed by atoms with van der Waals surface area (Å²) in [7, 11) is 0. The van der Waals surface area contributed by atoms with Crippen LogP contribution in [0.15, 0.2) is 24.7 Å². The van der Waals surface area contributed by atoms with Gasteiger partial charge in [0.25, 0.3) is 0 Å². The molecule has 0 bridgehead atoms. The molecule has 0 amide bonds. The summed E-state index contributed by atoms with van der Waals surface area (Å²) >= 11 is 0. The van der Waals surface area contributed by atoms with Gasteiger partial charge in [0, 0.05) is 24.7 Å². The van der Waals surface area contributed by atoms with Crippen molar-refractivity contribution in [2.75, 3.05) is 12.3 Å². The Hall–Kier alpha value is -2.75. The highest BCUT2D eigenvalue weighted by molar-refractivity contribution is 5.89. The molecule has 1 aliphatic heterocycles. The quantitative estimate of drug-likeness (QED) is 0.510. The average Bonchev–Trinajstić information content (AvgIpc) is 3.22. The van der Waals surface area contributed by atoms with Crippen LogP contribution in [0.5, 0.6) is 5.75 Å². The fraction of sp³-hybridized carbons (Fsp3) is 0.429.